The molecule has 1 aliphatic rings. The van der Waals surface area contributed by atoms with E-state index in [1.807, 2.05) is 65.4 Å². The summed E-state index contributed by atoms with van der Waals surface area (Å²) in [6, 6.07) is 25.8. The number of aromatic nitrogens is 1. The van der Waals surface area contributed by atoms with Crippen LogP contribution in [0.25, 0.3) is 0 Å². The fourth-order valence-corrected chi connectivity index (χ4v) is 3.30. The fraction of sp³-hybridized carbons (Fsp3) is 0.182. The molecule has 1 fully saturated rings. The molecule has 4 rings (SSSR count). The third-order valence-electron chi connectivity index (χ3n) is 4.74. The highest BCUT2D eigenvalue weighted by atomic mass is 16.2. The quantitative estimate of drug-likeness (QED) is 0.754. The Labute approximate surface area is 158 Å². The van der Waals surface area contributed by atoms with Gasteiger partial charge >= 0.3 is 0 Å². The molecule has 2 unspecified atom stereocenters. The molecule has 0 saturated carbocycles. The fourth-order valence-electron chi connectivity index (χ4n) is 3.30. The van der Waals surface area contributed by atoms with Crippen molar-refractivity contribution in [1.29, 1.82) is 0 Å². The minimum Gasteiger partial charge on any atom is -0.328 e. The number of nitrogens with one attached hydrogen (secondary N) is 2. The molecule has 0 radical (unpaired) electrons. The number of hydrazine groups is 1. The summed E-state index contributed by atoms with van der Waals surface area (Å²) in [5.41, 5.74) is 9.30. The second kappa shape index (κ2) is 8.12. The average molecular weight is 358 g/mol. The number of nitrogens with zero attached hydrogens (tertiary/aromatic N) is 2. The lowest BCUT2D eigenvalue weighted by atomic mass is 10.0. The van der Waals surface area contributed by atoms with Crippen LogP contribution in [0, 0.1) is 0 Å². The lowest BCUT2D eigenvalue weighted by Crippen LogP contribution is -2.37. The molecular formula is C22H22N4O. The minimum absolute atomic E-state index is 0.113. The highest BCUT2D eigenvalue weighted by Crippen LogP contribution is 2.22. The van der Waals surface area contributed by atoms with Gasteiger partial charge in [0.15, 0.2) is 0 Å². The first-order chi connectivity index (χ1) is 13.3. The molecule has 1 saturated heterocycles. The molecule has 5 nitrogen and oxygen atoms in total. The zero-order chi connectivity index (χ0) is 18.5. The third kappa shape index (κ3) is 4.22. The first-order valence-corrected chi connectivity index (χ1v) is 9.13. The predicted molar refractivity (Wildman–Crippen MR) is 104 cm³/mol. The summed E-state index contributed by atoms with van der Waals surface area (Å²) in [6.45, 7) is 0.677. The van der Waals surface area contributed by atoms with Crippen molar-refractivity contribution in [3.05, 3.63) is 102 Å². The maximum Gasteiger partial charge on any atom is 0.266 e. The summed E-state index contributed by atoms with van der Waals surface area (Å²) in [6.07, 6.45) is 2.63. The van der Waals surface area contributed by atoms with Gasteiger partial charge in [0.2, 0.25) is 0 Å². The number of hydrogen-bond acceptors (Lipinski definition) is 3. The van der Waals surface area contributed by atoms with Crippen LogP contribution in [-0.4, -0.2) is 16.5 Å². The number of hydrogen-bond donors (Lipinski definition) is 2. The topological polar surface area (TPSA) is 58.4 Å². The third-order valence-corrected chi connectivity index (χ3v) is 4.74. The molecule has 2 aromatic carbocycles. The van der Waals surface area contributed by atoms with Crippen molar-refractivity contribution in [1.82, 2.24) is 15.4 Å². The van der Waals surface area contributed by atoms with E-state index in [0.29, 0.717) is 18.5 Å². The number of pyridine rings is 1. The first kappa shape index (κ1) is 17.4. The van der Waals surface area contributed by atoms with E-state index in [4.69, 9.17) is 0 Å². The smallest absolute Gasteiger partial charge is 0.266 e. The van der Waals surface area contributed by atoms with Crippen LogP contribution >= 0.6 is 0 Å². The SMILES string of the molecule is O=C(N=c1ccccn1Cc1ccccc1)C1CC(c2ccccc2)NN1. The van der Waals surface area contributed by atoms with Gasteiger partial charge in [-0.25, -0.2) is 10.9 Å². The van der Waals surface area contributed by atoms with Gasteiger partial charge < -0.3 is 4.57 Å². The van der Waals surface area contributed by atoms with Gasteiger partial charge in [-0.15, -0.1) is 0 Å². The highest BCUT2D eigenvalue weighted by Gasteiger charge is 2.29. The van der Waals surface area contributed by atoms with E-state index >= 15 is 0 Å². The molecule has 1 amide bonds. The predicted octanol–water partition coefficient (Wildman–Crippen LogP) is 2.57. The van der Waals surface area contributed by atoms with Crippen LogP contribution in [0.3, 0.4) is 0 Å². The van der Waals surface area contributed by atoms with Crippen LogP contribution in [0.5, 0.6) is 0 Å². The molecule has 1 aliphatic heterocycles. The van der Waals surface area contributed by atoms with Crippen molar-refractivity contribution in [2.24, 2.45) is 4.99 Å². The van der Waals surface area contributed by atoms with E-state index in [1.54, 1.807) is 0 Å². The maximum absolute atomic E-state index is 12.7. The second-order valence-corrected chi connectivity index (χ2v) is 6.66. The van der Waals surface area contributed by atoms with Gasteiger partial charge in [0.1, 0.15) is 11.5 Å². The largest absolute Gasteiger partial charge is 0.328 e. The lowest BCUT2D eigenvalue weighted by molar-refractivity contribution is -0.119. The number of amides is 1. The molecular weight excluding hydrogens is 336 g/mol. The van der Waals surface area contributed by atoms with Gasteiger partial charge in [-0.05, 0) is 29.7 Å². The molecule has 2 heterocycles. The Morgan fingerprint density at radius 2 is 1.63 bits per heavy atom. The average Bonchev–Trinajstić information content (AvgIpc) is 3.21. The molecule has 136 valence electrons. The van der Waals surface area contributed by atoms with E-state index in [-0.39, 0.29) is 18.0 Å². The van der Waals surface area contributed by atoms with E-state index in [2.05, 4.69) is 40.1 Å². The first-order valence-electron chi connectivity index (χ1n) is 9.13. The van der Waals surface area contributed by atoms with E-state index in [9.17, 15) is 4.79 Å². The minimum atomic E-state index is -0.333. The summed E-state index contributed by atoms with van der Waals surface area (Å²) in [5.74, 6) is -0.158. The van der Waals surface area contributed by atoms with Crippen molar-refractivity contribution in [3.8, 4) is 0 Å². The molecule has 3 aromatic rings. The number of benzene rings is 2. The Balaban J connectivity index is 1.51. The maximum atomic E-state index is 12.7. The van der Waals surface area contributed by atoms with Gasteiger partial charge in [0, 0.05) is 18.8 Å². The Kier molecular flexibility index (Phi) is 5.23. The van der Waals surface area contributed by atoms with Gasteiger partial charge in [-0.1, -0.05) is 66.7 Å². The molecule has 2 atom stereocenters. The Morgan fingerprint density at radius 1 is 0.926 bits per heavy atom. The monoisotopic (exact) mass is 358 g/mol. The summed E-state index contributed by atoms with van der Waals surface area (Å²) in [5, 5.41) is 0. The van der Waals surface area contributed by atoms with Gasteiger partial charge in [-0.2, -0.15) is 4.99 Å². The summed E-state index contributed by atoms with van der Waals surface area (Å²) < 4.78 is 1.99. The molecule has 0 spiro atoms. The standard InChI is InChI=1S/C22H22N4O/c27-22(20-15-19(24-25-20)18-11-5-2-6-12-18)23-21-13-7-8-14-26(21)16-17-9-3-1-4-10-17/h1-14,19-20,24-25H,15-16H2. The van der Waals surface area contributed by atoms with Gasteiger partial charge in [0.05, 0.1) is 0 Å². The van der Waals surface area contributed by atoms with E-state index < -0.39 is 0 Å². The summed E-state index contributed by atoms with van der Waals surface area (Å²) in [4.78, 5) is 17.1. The highest BCUT2D eigenvalue weighted by molar-refractivity contribution is 5.82. The number of rotatable bonds is 4. The summed E-state index contributed by atoms with van der Waals surface area (Å²) >= 11 is 0. The summed E-state index contributed by atoms with van der Waals surface area (Å²) in [7, 11) is 0. The zero-order valence-corrected chi connectivity index (χ0v) is 15.0. The molecule has 5 heteroatoms. The van der Waals surface area contributed by atoms with Crippen molar-refractivity contribution in [3.63, 3.8) is 0 Å². The number of carbonyl (C=O) groups excluding carboxylic acids is 1. The zero-order valence-electron chi connectivity index (χ0n) is 15.0. The van der Waals surface area contributed by atoms with Crippen molar-refractivity contribution < 1.29 is 4.79 Å². The van der Waals surface area contributed by atoms with Crippen molar-refractivity contribution in [2.75, 3.05) is 0 Å². The van der Waals surface area contributed by atoms with Crippen molar-refractivity contribution in [2.45, 2.75) is 25.0 Å². The Morgan fingerprint density at radius 3 is 2.41 bits per heavy atom. The molecule has 0 bridgehead atoms. The second-order valence-electron chi connectivity index (χ2n) is 6.66. The lowest BCUT2D eigenvalue weighted by Gasteiger charge is -2.09. The van der Waals surface area contributed by atoms with E-state index in [1.165, 1.54) is 11.1 Å². The van der Waals surface area contributed by atoms with Gasteiger partial charge in [0.25, 0.3) is 5.91 Å². The molecule has 0 aliphatic carbocycles. The normalized spacial score (nSPS) is 19.9. The van der Waals surface area contributed by atoms with Crippen LogP contribution < -0.4 is 16.3 Å². The van der Waals surface area contributed by atoms with Crippen LogP contribution in [0.2, 0.25) is 0 Å². The van der Waals surface area contributed by atoms with Crippen LogP contribution in [0.15, 0.2) is 90.1 Å². The Hall–Kier alpha value is -3.02. The van der Waals surface area contributed by atoms with Gasteiger partial charge in [-0.3, -0.25) is 4.79 Å². The Bertz CT molecular complexity index is 966. The van der Waals surface area contributed by atoms with Crippen LogP contribution in [0.4, 0.5) is 0 Å². The van der Waals surface area contributed by atoms with Crippen LogP contribution in [0.1, 0.15) is 23.6 Å². The van der Waals surface area contributed by atoms with E-state index in [0.717, 1.165) is 0 Å². The molecule has 2 N–H and O–H groups in total. The molecule has 1 aromatic heterocycles. The van der Waals surface area contributed by atoms with Crippen LogP contribution in [-0.2, 0) is 11.3 Å². The molecule has 27 heavy (non-hydrogen) atoms. The van der Waals surface area contributed by atoms with Crippen molar-refractivity contribution >= 4 is 5.91 Å². The number of carbonyl (C=O) groups is 1.